The zero-order chi connectivity index (χ0) is 21.6. The molecule has 0 unspecified atom stereocenters. The molecule has 0 saturated carbocycles. The van der Waals surface area contributed by atoms with Gasteiger partial charge in [0.05, 0.1) is 10.6 Å². The average molecular weight is 449 g/mol. The molecule has 31 heavy (non-hydrogen) atoms. The fraction of sp³-hybridized carbons (Fsp3) is 0.120. The molecular weight excluding hydrogens is 428 g/mol. The lowest BCUT2D eigenvalue weighted by molar-refractivity contribution is -0.122. The molecule has 0 aromatic heterocycles. The lowest BCUT2D eigenvalue weighted by Crippen LogP contribution is -2.43. The van der Waals surface area contributed by atoms with Crippen molar-refractivity contribution in [3.05, 3.63) is 99.9 Å². The van der Waals surface area contributed by atoms with Gasteiger partial charge in [0, 0.05) is 16.5 Å². The Kier molecular flexibility index (Phi) is 6.75. The Balaban J connectivity index is 1.50. The van der Waals surface area contributed by atoms with Gasteiger partial charge in [0.2, 0.25) is 5.91 Å². The molecule has 1 N–H and O–H groups in total. The molecule has 0 aliphatic carbocycles. The van der Waals surface area contributed by atoms with E-state index in [1.807, 2.05) is 78.9 Å². The smallest absolute Gasteiger partial charge is 0.265 e. The van der Waals surface area contributed by atoms with Crippen molar-refractivity contribution in [3.63, 3.8) is 0 Å². The lowest BCUT2D eigenvalue weighted by atomic mass is 10.1. The second-order valence-corrected chi connectivity index (χ2v) is 8.63. The van der Waals surface area contributed by atoms with Crippen LogP contribution in [0.4, 0.5) is 5.69 Å². The SMILES string of the molecule is O=C(CN1C(=O)C(=Cc2cccc(Cl)c2)Sc2ccccc21)NCCc1ccccc1. The summed E-state index contributed by atoms with van der Waals surface area (Å²) in [6.07, 6.45) is 2.56. The van der Waals surface area contributed by atoms with Crippen LogP contribution in [0.15, 0.2) is 88.7 Å². The molecule has 4 nitrogen and oxygen atoms in total. The van der Waals surface area contributed by atoms with E-state index in [4.69, 9.17) is 11.6 Å². The summed E-state index contributed by atoms with van der Waals surface area (Å²) in [5.41, 5.74) is 2.75. The highest BCUT2D eigenvalue weighted by Gasteiger charge is 2.30. The monoisotopic (exact) mass is 448 g/mol. The zero-order valence-corrected chi connectivity index (χ0v) is 18.3. The highest BCUT2D eigenvalue weighted by atomic mass is 35.5. The van der Waals surface area contributed by atoms with Crippen LogP contribution >= 0.6 is 23.4 Å². The van der Waals surface area contributed by atoms with Crippen LogP contribution in [0.25, 0.3) is 6.08 Å². The van der Waals surface area contributed by atoms with Gasteiger partial charge < -0.3 is 5.32 Å². The summed E-state index contributed by atoms with van der Waals surface area (Å²) in [7, 11) is 0. The predicted octanol–water partition coefficient (Wildman–Crippen LogP) is 5.18. The van der Waals surface area contributed by atoms with Crippen LogP contribution in [0, 0.1) is 0 Å². The first-order valence-electron chi connectivity index (χ1n) is 9.97. The van der Waals surface area contributed by atoms with Crippen LogP contribution < -0.4 is 10.2 Å². The minimum atomic E-state index is -0.193. The molecule has 156 valence electrons. The van der Waals surface area contributed by atoms with Gasteiger partial charge in [-0.1, -0.05) is 78.0 Å². The second-order valence-electron chi connectivity index (χ2n) is 7.11. The molecule has 0 saturated heterocycles. The van der Waals surface area contributed by atoms with Crippen molar-refractivity contribution in [2.75, 3.05) is 18.0 Å². The first-order chi connectivity index (χ1) is 15.1. The molecule has 6 heteroatoms. The van der Waals surface area contributed by atoms with Gasteiger partial charge in [-0.25, -0.2) is 0 Å². The minimum Gasteiger partial charge on any atom is -0.354 e. The van der Waals surface area contributed by atoms with Gasteiger partial charge >= 0.3 is 0 Å². The van der Waals surface area contributed by atoms with E-state index in [-0.39, 0.29) is 18.4 Å². The molecule has 0 bridgehead atoms. The Morgan fingerprint density at radius 1 is 1.00 bits per heavy atom. The summed E-state index contributed by atoms with van der Waals surface area (Å²) in [5, 5.41) is 3.53. The molecule has 2 amide bonds. The summed E-state index contributed by atoms with van der Waals surface area (Å²) in [4.78, 5) is 28.9. The summed E-state index contributed by atoms with van der Waals surface area (Å²) < 4.78 is 0. The van der Waals surface area contributed by atoms with E-state index in [9.17, 15) is 9.59 Å². The Morgan fingerprint density at radius 2 is 1.77 bits per heavy atom. The van der Waals surface area contributed by atoms with Gasteiger partial charge in [-0.3, -0.25) is 14.5 Å². The second kappa shape index (κ2) is 9.86. The maximum absolute atomic E-state index is 13.2. The predicted molar refractivity (Wildman–Crippen MR) is 127 cm³/mol. The number of fused-ring (bicyclic) bond motifs is 1. The summed E-state index contributed by atoms with van der Waals surface area (Å²) in [6, 6.07) is 25.0. The van der Waals surface area contributed by atoms with Crippen molar-refractivity contribution in [1.29, 1.82) is 0 Å². The van der Waals surface area contributed by atoms with Gasteiger partial charge in [0.15, 0.2) is 0 Å². The molecule has 0 spiro atoms. The number of hydrogen-bond acceptors (Lipinski definition) is 3. The lowest BCUT2D eigenvalue weighted by Gasteiger charge is -2.29. The van der Waals surface area contributed by atoms with Gasteiger partial charge in [-0.05, 0) is 47.9 Å². The molecule has 3 aromatic rings. The summed E-state index contributed by atoms with van der Waals surface area (Å²) in [5.74, 6) is -0.380. The van der Waals surface area contributed by atoms with Crippen LogP contribution in [-0.2, 0) is 16.0 Å². The fourth-order valence-corrected chi connectivity index (χ4v) is 4.61. The molecule has 0 atom stereocenters. The van der Waals surface area contributed by atoms with E-state index in [2.05, 4.69) is 5.32 Å². The number of thioether (sulfide) groups is 1. The Labute approximate surface area is 190 Å². The third kappa shape index (κ3) is 5.37. The summed E-state index contributed by atoms with van der Waals surface area (Å²) in [6.45, 7) is 0.491. The van der Waals surface area contributed by atoms with E-state index in [0.717, 1.165) is 28.1 Å². The van der Waals surface area contributed by atoms with Crippen LogP contribution in [0.3, 0.4) is 0 Å². The van der Waals surface area contributed by atoms with E-state index < -0.39 is 0 Å². The Morgan fingerprint density at radius 3 is 2.58 bits per heavy atom. The first kappa shape index (κ1) is 21.2. The minimum absolute atomic E-state index is 0.0297. The highest BCUT2D eigenvalue weighted by Crippen LogP contribution is 2.41. The average Bonchev–Trinajstić information content (AvgIpc) is 2.77. The molecule has 0 radical (unpaired) electrons. The maximum Gasteiger partial charge on any atom is 0.265 e. The molecule has 4 rings (SSSR count). The van der Waals surface area contributed by atoms with Crippen LogP contribution in [0.2, 0.25) is 5.02 Å². The van der Waals surface area contributed by atoms with E-state index in [0.29, 0.717) is 16.5 Å². The quantitative estimate of drug-likeness (QED) is 0.528. The number of halogens is 1. The maximum atomic E-state index is 13.2. The number of carbonyl (C=O) groups excluding carboxylic acids is 2. The molecule has 1 heterocycles. The van der Waals surface area contributed by atoms with Gasteiger partial charge in [-0.15, -0.1) is 0 Å². The molecule has 1 aliphatic rings. The van der Waals surface area contributed by atoms with Crippen LogP contribution in [0.5, 0.6) is 0 Å². The van der Waals surface area contributed by atoms with Crippen molar-refractivity contribution in [2.45, 2.75) is 11.3 Å². The Bertz CT molecular complexity index is 1130. The number of rotatable bonds is 6. The van der Waals surface area contributed by atoms with Crippen molar-refractivity contribution in [3.8, 4) is 0 Å². The number of nitrogens with one attached hydrogen (secondary N) is 1. The number of benzene rings is 3. The van der Waals surface area contributed by atoms with Crippen LogP contribution in [0.1, 0.15) is 11.1 Å². The first-order valence-corrected chi connectivity index (χ1v) is 11.2. The topological polar surface area (TPSA) is 49.4 Å². The number of nitrogens with zero attached hydrogens (tertiary/aromatic N) is 1. The van der Waals surface area contributed by atoms with Gasteiger partial charge in [-0.2, -0.15) is 0 Å². The van der Waals surface area contributed by atoms with Crippen molar-refractivity contribution in [2.24, 2.45) is 0 Å². The molecule has 0 fully saturated rings. The molecular formula is C25H21ClN2O2S. The fourth-order valence-electron chi connectivity index (χ4n) is 3.36. The van der Waals surface area contributed by atoms with Gasteiger partial charge in [0.25, 0.3) is 5.91 Å². The van der Waals surface area contributed by atoms with Crippen molar-refractivity contribution in [1.82, 2.24) is 5.32 Å². The third-order valence-corrected chi connectivity index (χ3v) is 6.17. The van der Waals surface area contributed by atoms with Crippen LogP contribution in [-0.4, -0.2) is 24.9 Å². The van der Waals surface area contributed by atoms with Gasteiger partial charge in [0.1, 0.15) is 6.54 Å². The molecule has 1 aliphatic heterocycles. The van der Waals surface area contributed by atoms with Crippen molar-refractivity contribution < 1.29 is 9.59 Å². The number of hydrogen-bond donors (Lipinski definition) is 1. The number of carbonyl (C=O) groups is 2. The standard InChI is InChI=1S/C25H21ClN2O2S/c26-20-10-6-9-19(15-20)16-23-25(30)28(21-11-4-5-12-22(21)31-23)17-24(29)27-14-13-18-7-2-1-3-8-18/h1-12,15-16H,13-14,17H2,(H,27,29). The van der Waals surface area contributed by atoms with E-state index in [1.165, 1.54) is 11.8 Å². The molecule has 3 aromatic carbocycles. The normalized spacial score (nSPS) is 14.4. The van der Waals surface area contributed by atoms with E-state index >= 15 is 0 Å². The highest BCUT2D eigenvalue weighted by molar-refractivity contribution is 8.04. The van der Waals surface area contributed by atoms with Crippen molar-refractivity contribution >= 4 is 46.9 Å². The number of amides is 2. The van der Waals surface area contributed by atoms with E-state index in [1.54, 1.807) is 11.0 Å². The zero-order valence-electron chi connectivity index (χ0n) is 16.8. The largest absolute Gasteiger partial charge is 0.354 e. The summed E-state index contributed by atoms with van der Waals surface area (Å²) >= 11 is 7.49. The number of anilines is 1. The Hall–Kier alpha value is -3.02. The third-order valence-electron chi connectivity index (χ3n) is 4.86. The number of para-hydroxylation sites is 1.